The summed E-state index contributed by atoms with van der Waals surface area (Å²) in [7, 11) is 0. The van der Waals surface area contributed by atoms with Gasteiger partial charge in [-0.2, -0.15) is 13.2 Å². The van der Waals surface area contributed by atoms with Crippen LogP contribution in [0.4, 0.5) is 18.9 Å². The highest BCUT2D eigenvalue weighted by Gasteiger charge is 2.44. The molecule has 4 nitrogen and oxygen atoms in total. The van der Waals surface area contributed by atoms with Crippen molar-refractivity contribution in [3.8, 4) is 0 Å². The number of carbonyl (C=O) groups excluding carboxylic acids is 1. The summed E-state index contributed by atoms with van der Waals surface area (Å²) in [5, 5.41) is 0.698. The maximum Gasteiger partial charge on any atom is 0.416 e. The van der Waals surface area contributed by atoms with E-state index in [0.717, 1.165) is 28.2 Å². The lowest BCUT2D eigenvalue weighted by atomic mass is 9.97. The van der Waals surface area contributed by atoms with Gasteiger partial charge in [0, 0.05) is 5.69 Å². The Morgan fingerprint density at radius 1 is 0.914 bits per heavy atom. The summed E-state index contributed by atoms with van der Waals surface area (Å²) in [6.07, 6.45) is -4.62. The summed E-state index contributed by atoms with van der Waals surface area (Å²) in [5.41, 5.74) is 0.968. The summed E-state index contributed by atoms with van der Waals surface area (Å²) in [5.74, 6) is -0.952. The average Bonchev–Trinajstić information content (AvgIpc) is 3.09. The number of hydrogen-bond acceptors (Lipinski definition) is 3. The van der Waals surface area contributed by atoms with Gasteiger partial charge in [0.1, 0.15) is 5.58 Å². The predicted molar refractivity (Wildman–Crippen MR) is 129 cm³/mol. The maximum absolute atomic E-state index is 13.7. The molecule has 1 amide bonds. The van der Waals surface area contributed by atoms with E-state index in [2.05, 4.69) is 0 Å². The Hall–Kier alpha value is -3.29. The molecule has 0 bridgehead atoms. The number of rotatable bonds is 2. The van der Waals surface area contributed by atoms with Gasteiger partial charge in [0.15, 0.2) is 5.43 Å². The van der Waals surface area contributed by atoms with Crippen LogP contribution in [0, 0.1) is 13.8 Å². The van der Waals surface area contributed by atoms with Crippen molar-refractivity contribution >= 4 is 45.8 Å². The lowest BCUT2D eigenvalue weighted by Crippen LogP contribution is -2.29. The highest BCUT2D eigenvalue weighted by atomic mass is 35.5. The normalized spacial score (nSPS) is 15.7. The van der Waals surface area contributed by atoms with E-state index in [1.54, 1.807) is 18.2 Å². The van der Waals surface area contributed by atoms with Crippen LogP contribution >= 0.6 is 23.2 Å². The minimum absolute atomic E-state index is 0.0292. The maximum atomic E-state index is 13.7. The van der Waals surface area contributed by atoms with Crippen molar-refractivity contribution < 1.29 is 22.4 Å². The zero-order valence-electron chi connectivity index (χ0n) is 18.3. The molecule has 0 saturated heterocycles. The van der Waals surface area contributed by atoms with Gasteiger partial charge in [0.2, 0.25) is 5.76 Å². The molecule has 1 aromatic heterocycles. The highest BCUT2D eigenvalue weighted by molar-refractivity contribution is 6.42. The first-order valence-corrected chi connectivity index (χ1v) is 11.3. The number of benzene rings is 3. The molecular formula is C26H16Cl2F3NO3. The molecule has 1 unspecified atom stereocenters. The fraction of sp³-hybridized carbons (Fsp3) is 0.154. The Balaban J connectivity index is 1.82. The van der Waals surface area contributed by atoms with Crippen LogP contribution in [0.15, 0.2) is 63.8 Å². The van der Waals surface area contributed by atoms with Gasteiger partial charge in [-0.1, -0.05) is 35.3 Å². The van der Waals surface area contributed by atoms with Gasteiger partial charge in [-0.05, 0) is 73.0 Å². The molecule has 4 aromatic rings. The van der Waals surface area contributed by atoms with Crippen molar-refractivity contribution in [2.45, 2.75) is 26.1 Å². The van der Waals surface area contributed by atoms with Crippen LogP contribution in [0.3, 0.4) is 0 Å². The quantitative estimate of drug-likeness (QED) is 0.276. The van der Waals surface area contributed by atoms with Crippen molar-refractivity contribution in [1.29, 1.82) is 0 Å². The zero-order valence-corrected chi connectivity index (χ0v) is 19.8. The van der Waals surface area contributed by atoms with Crippen molar-refractivity contribution in [3.05, 3.63) is 108 Å². The number of fused-ring (bicyclic) bond motifs is 2. The fourth-order valence-corrected chi connectivity index (χ4v) is 4.63. The van der Waals surface area contributed by atoms with E-state index >= 15 is 0 Å². The third-order valence-electron chi connectivity index (χ3n) is 6.20. The van der Waals surface area contributed by atoms with Crippen LogP contribution < -0.4 is 10.3 Å². The number of anilines is 1. The summed E-state index contributed by atoms with van der Waals surface area (Å²) in [4.78, 5) is 28.4. The minimum atomic E-state index is -4.62. The van der Waals surface area contributed by atoms with Crippen LogP contribution in [-0.2, 0) is 6.18 Å². The molecule has 178 valence electrons. The topological polar surface area (TPSA) is 50.5 Å². The second-order valence-electron chi connectivity index (χ2n) is 8.41. The van der Waals surface area contributed by atoms with Crippen LogP contribution in [-0.4, -0.2) is 5.91 Å². The van der Waals surface area contributed by atoms with Gasteiger partial charge in [-0.15, -0.1) is 0 Å². The number of carbonyl (C=O) groups is 1. The predicted octanol–water partition coefficient (Wildman–Crippen LogP) is 7.49. The van der Waals surface area contributed by atoms with E-state index in [0.29, 0.717) is 5.56 Å². The Labute approximate surface area is 207 Å². The largest absolute Gasteiger partial charge is 0.450 e. The van der Waals surface area contributed by atoms with Crippen molar-refractivity contribution in [2.75, 3.05) is 4.90 Å². The summed E-state index contributed by atoms with van der Waals surface area (Å²) < 4.78 is 46.3. The Kier molecular flexibility index (Phi) is 5.45. The molecule has 0 N–H and O–H groups in total. The molecule has 1 atom stereocenters. The molecule has 1 aliphatic rings. The molecule has 0 aliphatic carbocycles. The SMILES string of the molecule is Cc1cc2oc3c(c(=O)c2cc1C)C(c1ccc(Cl)c(Cl)c1)N(c1cccc(C(F)(F)F)c1)C3=O. The molecule has 1 aliphatic heterocycles. The fourth-order valence-electron chi connectivity index (χ4n) is 4.32. The van der Waals surface area contributed by atoms with Crippen LogP contribution in [0.25, 0.3) is 11.0 Å². The van der Waals surface area contributed by atoms with Gasteiger partial charge < -0.3 is 4.42 Å². The van der Waals surface area contributed by atoms with Gasteiger partial charge in [-0.3, -0.25) is 14.5 Å². The Morgan fingerprint density at radius 3 is 2.31 bits per heavy atom. The van der Waals surface area contributed by atoms with E-state index in [1.807, 2.05) is 13.8 Å². The molecule has 5 rings (SSSR count). The van der Waals surface area contributed by atoms with E-state index in [4.69, 9.17) is 27.6 Å². The highest BCUT2D eigenvalue weighted by Crippen LogP contribution is 2.43. The molecule has 35 heavy (non-hydrogen) atoms. The molecule has 3 aromatic carbocycles. The first kappa shape index (κ1) is 23.5. The molecular weight excluding hydrogens is 502 g/mol. The number of halogens is 5. The molecule has 0 spiro atoms. The number of alkyl halides is 3. The number of hydrogen-bond donors (Lipinski definition) is 0. The molecule has 0 saturated carbocycles. The first-order chi connectivity index (χ1) is 16.5. The number of amides is 1. The summed E-state index contributed by atoms with van der Waals surface area (Å²) >= 11 is 12.3. The monoisotopic (exact) mass is 517 g/mol. The standard InChI is InChI=1S/C26H16Cl2F3NO3/c1-12-8-17-20(9-13(12)2)35-24-21(23(17)33)22(14-6-7-18(27)19(28)10-14)32(25(24)34)16-5-3-4-15(11-16)26(29,30)31/h3-11,22H,1-2H3. The second-order valence-corrected chi connectivity index (χ2v) is 9.22. The summed E-state index contributed by atoms with van der Waals surface area (Å²) in [6.45, 7) is 3.69. The number of nitrogens with zero attached hydrogens (tertiary/aromatic N) is 1. The Bertz CT molecular complexity index is 1590. The third kappa shape index (κ3) is 3.79. The second kappa shape index (κ2) is 8.14. The van der Waals surface area contributed by atoms with Crippen molar-refractivity contribution in [1.82, 2.24) is 0 Å². The van der Waals surface area contributed by atoms with E-state index in [-0.39, 0.29) is 38.0 Å². The van der Waals surface area contributed by atoms with Gasteiger partial charge in [0.05, 0.1) is 32.6 Å². The van der Waals surface area contributed by atoms with E-state index in [9.17, 15) is 22.8 Å². The molecule has 9 heteroatoms. The van der Waals surface area contributed by atoms with Gasteiger partial charge in [-0.25, -0.2) is 0 Å². The minimum Gasteiger partial charge on any atom is -0.450 e. The summed E-state index contributed by atoms with van der Waals surface area (Å²) in [6, 6.07) is 11.2. The van der Waals surface area contributed by atoms with E-state index in [1.165, 1.54) is 24.3 Å². The van der Waals surface area contributed by atoms with Gasteiger partial charge in [0.25, 0.3) is 5.91 Å². The van der Waals surface area contributed by atoms with Gasteiger partial charge >= 0.3 is 6.18 Å². The van der Waals surface area contributed by atoms with Crippen molar-refractivity contribution in [3.63, 3.8) is 0 Å². The average molecular weight is 518 g/mol. The Morgan fingerprint density at radius 2 is 1.63 bits per heavy atom. The molecule has 2 heterocycles. The lowest BCUT2D eigenvalue weighted by Gasteiger charge is -2.26. The van der Waals surface area contributed by atoms with Crippen LogP contribution in [0.2, 0.25) is 10.0 Å². The molecule has 0 radical (unpaired) electrons. The third-order valence-corrected chi connectivity index (χ3v) is 6.94. The first-order valence-electron chi connectivity index (χ1n) is 10.5. The smallest absolute Gasteiger partial charge is 0.416 e. The van der Waals surface area contributed by atoms with Crippen LogP contribution in [0.1, 0.15) is 44.4 Å². The zero-order chi connectivity index (χ0) is 25.2. The lowest BCUT2D eigenvalue weighted by molar-refractivity contribution is -0.137. The van der Waals surface area contributed by atoms with Crippen molar-refractivity contribution in [2.24, 2.45) is 0 Å². The number of aryl methyl sites for hydroxylation is 2. The molecule has 0 fully saturated rings. The van der Waals surface area contributed by atoms with Crippen LogP contribution in [0.5, 0.6) is 0 Å². The van der Waals surface area contributed by atoms with E-state index < -0.39 is 29.1 Å².